The van der Waals surface area contributed by atoms with Gasteiger partial charge in [0.1, 0.15) is 25.5 Å². The number of nitrogens with zero attached hydrogens (tertiary/aromatic N) is 1. The van der Waals surface area contributed by atoms with Crippen molar-refractivity contribution in [3.05, 3.63) is 30.3 Å². The number of amides is 1. The average molecular weight is 281 g/mol. The van der Waals surface area contributed by atoms with E-state index in [1.165, 1.54) is 16.7 Å². The SMILES string of the molecule is O=C(CN1CCSC1=O)OCCOc1ccccc1. The number of rotatable bonds is 6. The third-order valence-electron chi connectivity index (χ3n) is 2.52. The minimum absolute atomic E-state index is 0.0250. The molecule has 5 nitrogen and oxygen atoms in total. The van der Waals surface area contributed by atoms with Gasteiger partial charge in [-0.05, 0) is 12.1 Å². The van der Waals surface area contributed by atoms with Gasteiger partial charge in [0.15, 0.2) is 0 Å². The van der Waals surface area contributed by atoms with E-state index in [9.17, 15) is 9.59 Å². The third kappa shape index (κ3) is 4.48. The average Bonchev–Trinajstić information content (AvgIpc) is 2.82. The smallest absolute Gasteiger partial charge is 0.325 e. The fourth-order valence-corrected chi connectivity index (χ4v) is 2.43. The summed E-state index contributed by atoms with van der Waals surface area (Å²) >= 11 is 1.23. The first-order valence-electron chi connectivity index (χ1n) is 6.01. The second-order valence-electron chi connectivity index (χ2n) is 3.92. The first kappa shape index (κ1) is 13.7. The van der Waals surface area contributed by atoms with Crippen LogP contribution in [0.5, 0.6) is 5.75 Å². The Hall–Kier alpha value is -1.69. The molecule has 2 rings (SSSR count). The first-order chi connectivity index (χ1) is 9.25. The van der Waals surface area contributed by atoms with Crippen LogP contribution in [0.3, 0.4) is 0 Å². The quantitative estimate of drug-likeness (QED) is 0.587. The van der Waals surface area contributed by atoms with E-state index in [0.29, 0.717) is 13.2 Å². The van der Waals surface area contributed by atoms with Crippen molar-refractivity contribution in [3.63, 3.8) is 0 Å². The predicted octanol–water partition coefficient (Wildman–Crippen LogP) is 1.78. The van der Waals surface area contributed by atoms with E-state index in [-0.39, 0.29) is 18.4 Å². The van der Waals surface area contributed by atoms with Crippen molar-refractivity contribution in [3.8, 4) is 5.75 Å². The van der Waals surface area contributed by atoms with Crippen molar-refractivity contribution in [2.45, 2.75) is 0 Å². The highest BCUT2D eigenvalue weighted by molar-refractivity contribution is 8.13. The predicted molar refractivity (Wildman–Crippen MR) is 72.3 cm³/mol. The maximum absolute atomic E-state index is 11.5. The van der Waals surface area contributed by atoms with E-state index < -0.39 is 5.97 Å². The lowest BCUT2D eigenvalue weighted by molar-refractivity contribution is -0.144. The van der Waals surface area contributed by atoms with Gasteiger partial charge in [0, 0.05) is 12.3 Å². The lowest BCUT2D eigenvalue weighted by atomic mass is 10.3. The van der Waals surface area contributed by atoms with Crippen LogP contribution in [0.4, 0.5) is 4.79 Å². The molecule has 0 saturated carbocycles. The molecule has 1 aromatic rings. The molecule has 0 aromatic heterocycles. The summed E-state index contributed by atoms with van der Waals surface area (Å²) < 4.78 is 10.4. The Kier molecular flexibility index (Phi) is 5.09. The molecule has 1 aromatic carbocycles. The Morgan fingerprint density at radius 3 is 2.74 bits per heavy atom. The molecule has 1 saturated heterocycles. The molecular weight excluding hydrogens is 266 g/mol. The molecule has 6 heteroatoms. The standard InChI is InChI=1S/C13H15NO4S/c15-12(10-14-6-9-19-13(14)16)18-8-7-17-11-4-2-1-3-5-11/h1-5H,6-10H2. The second kappa shape index (κ2) is 7.04. The lowest BCUT2D eigenvalue weighted by Crippen LogP contribution is -2.31. The highest BCUT2D eigenvalue weighted by Gasteiger charge is 2.23. The van der Waals surface area contributed by atoms with Crippen LogP contribution in [-0.2, 0) is 9.53 Å². The van der Waals surface area contributed by atoms with Gasteiger partial charge in [-0.1, -0.05) is 30.0 Å². The fraction of sp³-hybridized carbons (Fsp3) is 0.385. The number of para-hydroxylation sites is 1. The normalized spacial score (nSPS) is 14.5. The molecule has 0 spiro atoms. The summed E-state index contributed by atoms with van der Waals surface area (Å²) in [6, 6.07) is 9.32. The molecule has 0 atom stereocenters. The van der Waals surface area contributed by atoms with Crippen LogP contribution in [0.1, 0.15) is 0 Å². The van der Waals surface area contributed by atoms with Gasteiger partial charge in [-0.25, -0.2) is 0 Å². The zero-order valence-corrected chi connectivity index (χ0v) is 11.2. The van der Waals surface area contributed by atoms with Crippen molar-refractivity contribution in [2.24, 2.45) is 0 Å². The molecule has 1 aliphatic heterocycles. The maximum Gasteiger partial charge on any atom is 0.325 e. The van der Waals surface area contributed by atoms with E-state index >= 15 is 0 Å². The van der Waals surface area contributed by atoms with Crippen LogP contribution < -0.4 is 4.74 Å². The Balaban J connectivity index is 1.60. The van der Waals surface area contributed by atoms with E-state index in [4.69, 9.17) is 9.47 Å². The van der Waals surface area contributed by atoms with Gasteiger partial charge in [-0.15, -0.1) is 0 Å². The number of benzene rings is 1. The number of ether oxygens (including phenoxy) is 2. The van der Waals surface area contributed by atoms with Crippen molar-refractivity contribution >= 4 is 23.0 Å². The molecule has 1 fully saturated rings. The van der Waals surface area contributed by atoms with E-state index in [0.717, 1.165) is 11.5 Å². The Labute approximate surface area is 115 Å². The number of carbonyl (C=O) groups is 2. The summed E-state index contributed by atoms with van der Waals surface area (Å²) in [5.41, 5.74) is 0. The van der Waals surface area contributed by atoms with Crippen LogP contribution in [-0.4, -0.2) is 48.2 Å². The lowest BCUT2D eigenvalue weighted by Gasteiger charge is -2.13. The molecule has 1 amide bonds. The molecule has 19 heavy (non-hydrogen) atoms. The number of carbonyl (C=O) groups excluding carboxylic acids is 2. The van der Waals surface area contributed by atoms with Crippen molar-refractivity contribution in [2.75, 3.05) is 32.1 Å². The van der Waals surface area contributed by atoms with E-state index in [1.54, 1.807) is 0 Å². The fourth-order valence-electron chi connectivity index (χ4n) is 1.60. The van der Waals surface area contributed by atoms with Gasteiger partial charge < -0.3 is 14.4 Å². The summed E-state index contributed by atoms with van der Waals surface area (Å²) in [5.74, 6) is 1.08. The van der Waals surface area contributed by atoms with Crippen LogP contribution in [0.25, 0.3) is 0 Å². The minimum atomic E-state index is -0.396. The topological polar surface area (TPSA) is 55.8 Å². The summed E-state index contributed by atoms with van der Waals surface area (Å²) in [7, 11) is 0. The monoisotopic (exact) mass is 281 g/mol. The number of thioether (sulfide) groups is 1. The van der Waals surface area contributed by atoms with Crippen molar-refractivity contribution < 1.29 is 19.1 Å². The Morgan fingerprint density at radius 2 is 2.05 bits per heavy atom. The second-order valence-corrected chi connectivity index (χ2v) is 4.96. The van der Waals surface area contributed by atoms with E-state index in [2.05, 4.69) is 0 Å². The molecule has 0 unspecified atom stereocenters. The maximum atomic E-state index is 11.5. The number of hydrogen-bond donors (Lipinski definition) is 0. The molecule has 1 heterocycles. The van der Waals surface area contributed by atoms with Crippen LogP contribution in [0.2, 0.25) is 0 Å². The third-order valence-corrected chi connectivity index (χ3v) is 3.42. The van der Waals surface area contributed by atoms with Crippen molar-refractivity contribution in [1.29, 1.82) is 0 Å². The Morgan fingerprint density at radius 1 is 1.26 bits per heavy atom. The molecule has 0 aliphatic carbocycles. The van der Waals surface area contributed by atoms with Crippen LogP contribution in [0, 0.1) is 0 Å². The highest BCUT2D eigenvalue weighted by atomic mass is 32.2. The summed E-state index contributed by atoms with van der Waals surface area (Å²) in [4.78, 5) is 24.2. The number of hydrogen-bond acceptors (Lipinski definition) is 5. The van der Waals surface area contributed by atoms with Gasteiger partial charge in [-0.3, -0.25) is 9.59 Å². The summed E-state index contributed by atoms with van der Waals surface area (Å²) in [6.45, 7) is 1.12. The highest BCUT2D eigenvalue weighted by Crippen LogP contribution is 2.16. The number of esters is 1. The molecular formula is C13H15NO4S. The van der Waals surface area contributed by atoms with Gasteiger partial charge in [0.05, 0.1) is 0 Å². The zero-order valence-electron chi connectivity index (χ0n) is 10.4. The van der Waals surface area contributed by atoms with Gasteiger partial charge in [0.25, 0.3) is 5.24 Å². The van der Waals surface area contributed by atoms with Crippen LogP contribution in [0.15, 0.2) is 30.3 Å². The molecule has 0 N–H and O–H groups in total. The first-order valence-corrected chi connectivity index (χ1v) is 6.99. The minimum Gasteiger partial charge on any atom is -0.490 e. The van der Waals surface area contributed by atoms with Crippen molar-refractivity contribution in [1.82, 2.24) is 4.90 Å². The summed E-state index contributed by atoms with van der Waals surface area (Å²) in [6.07, 6.45) is 0. The molecule has 1 aliphatic rings. The van der Waals surface area contributed by atoms with Crippen LogP contribution >= 0.6 is 11.8 Å². The van der Waals surface area contributed by atoms with E-state index in [1.807, 2.05) is 30.3 Å². The molecule has 0 bridgehead atoms. The Bertz CT molecular complexity index is 438. The zero-order chi connectivity index (χ0) is 13.5. The largest absolute Gasteiger partial charge is 0.490 e. The molecule has 0 radical (unpaired) electrons. The summed E-state index contributed by atoms with van der Waals surface area (Å²) in [5, 5.41) is -0.0579. The van der Waals surface area contributed by atoms with Gasteiger partial charge >= 0.3 is 5.97 Å². The molecule has 102 valence electrons. The van der Waals surface area contributed by atoms with Gasteiger partial charge in [0.2, 0.25) is 0 Å². The van der Waals surface area contributed by atoms with Gasteiger partial charge in [-0.2, -0.15) is 0 Å².